The van der Waals surface area contributed by atoms with Crippen molar-refractivity contribution >= 4 is 0 Å². The molecule has 1 atom stereocenters. The van der Waals surface area contributed by atoms with Crippen LogP contribution < -0.4 is 4.74 Å². The summed E-state index contributed by atoms with van der Waals surface area (Å²) in [7, 11) is 0. The summed E-state index contributed by atoms with van der Waals surface area (Å²) < 4.78 is 5.84. The second-order valence-corrected chi connectivity index (χ2v) is 10.1. The van der Waals surface area contributed by atoms with Crippen LogP contribution in [0.5, 0.6) is 5.75 Å². The first-order valence-corrected chi connectivity index (χ1v) is 13.2. The second-order valence-electron chi connectivity index (χ2n) is 10.1. The first-order chi connectivity index (χ1) is 14.7. The number of benzene rings is 1. The number of ether oxygens (including phenoxy) is 1. The molecule has 0 radical (unpaired) electrons. The van der Waals surface area contributed by atoms with Gasteiger partial charge in [-0.05, 0) is 99.7 Å². The van der Waals surface area contributed by atoms with Crippen molar-refractivity contribution in [2.75, 3.05) is 6.61 Å². The molecular weight excluding hydrogens is 364 g/mol. The zero-order valence-corrected chi connectivity index (χ0v) is 19.9. The molecule has 30 heavy (non-hydrogen) atoms. The van der Waals surface area contributed by atoms with Crippen LogP contribution in [0, 0.1) is 5.41 Å². The van der Waals surface area contributed by atoms with Gasteiger partial charge in [0.1, 0.15) is 5.75 Å². The van der Waals surface area contributed by atoms with Gasteiger partial charge in [0.25, 0.3) is 0 Å². The van der Waals surface area contributed by atoms with Crippen molar-refractivity contribution in [3.63, 3.8) is 0 Å². The van der Waals surface area contributed by atoms with Crippen LogP contribution in [0.15, 0.2) is 35.9 Å². The summed E-state index contributed by atoms with van der Waals surface area (Å²) in [5.41, 5.74) is 3.90. The van der Waals surface area contributed by atoms with E-state index in [0.717, 1.165) is 18.8 Å². The molecule has 1 aromatic rings. The number of hydrogen-bond donors (Lipinski definition) is 0. The molecule has 0 aliphatic heterocycles. The van der Waals surface area contributed by atoms with E-state index >= 15 is 0 Å². The van der Waals surface area contributed by atoms with Crippen LogP contribution in [-0.4, -0.2) is 6.61 Å². The SMILES string of the molecule is CCCCC1(CCC(CC2=CCCCC2)c2ccc(OCCC)cc2)CCCCC1. The topological polar surface area (TPSA) is 9.23 Å². The standard InChI is InChI=1S/C29H46O/c1-3-5-19-29(20-10-7-11-21-29)22-18-27(24-25-12-8-6-9-13-25)26-14-16-28(17-15-26)30-23-4-2/h12,14-17,27H,3-11,13,18-24H2,1-2H3. The van der Waals surface area contributed by atoms with E-state index in [-0.39, 0.29) is 0 Å². The van der Waals surface area contributed by atoms with Crippen LogP contribution in [0.3, 0.4) is 0 Å². The van der Waals surface area contributed by atoms with Crippen LogP contribution in [0.1, 0.15) is 128 Å². The maximum absolute atomic E-state index is 5.84. The third-order valence-electron chi connectivity index (χ3n) is 7.72. The molecule has 0 spiro atoms. The summed E-state index contributed by atoms with van der Waals surface area (Å²) in [5, 5.41) is 0. The Morgan fingerprint density at radius 2 is 1.70 bits per heavy atom. The van der Waals surface area contributed by atoms with Gasteiger partial charge in [0.15, 0.2) is 0 Å². The van der Waals surface area contributed by atoms with Crippen molar-refractivity contribution in [1.29, 1.82) is 0 Å². The van der Waals surface area contributed by atoms with Crippen molar-refractivity contribution in [2.45, 2.75) is 122 Å². The largest absolute Gasteiger partial charge is 0.494 e. The van der Waals surface area contributed by atoms with E-state index < -0.39 is 0 Å². The minimum atomic E-state index is 0.637. The highest BCUT2D eigenvalue weighted by molar-refractivity contribution is 5.30. The summed E-state index contributed by atoms with van der Waals surface area (Å²) in [6.07, 6.45) is 24.7. The van der Waals surface area contributed by atoms with Crippen molar-refractivity contribution in [2.24, 2.45) is 5.41 Å². The van der Waals surface area contributed by atoms with Gasteiger partial charge in [-0.15, -0.1) is 0 Å². The molecule has 1 fully saturated rings. The fourth-order valence-corrected chi connectivity index (χ4v) is 5.81. The minimum absolute atomic E-state index is 0.637. The summed E-state index contributed by atoms with van der Waals surface area (Å²) >= 11 is 0. The molecule has 168 valence electrons. The Bertz CT molecular complexity index is 620. The van der Waals surface area contributed by atoms with Gasteiger partial charge < -0.3 is 4.74 Å². The van der Waals surface area contributed by atoms with Gasteiger partial charge in [-0.25, -0.2) is 0 Å². The Morgan fingerprint density at radius 1 is 0.900 bits per heavy atom. The van der Waals surface area contributed by atoms with Gasteiger partial charge in [-0.2, -0.15) is 0 Å². The van der Waals surface area contributed by atoms with E-state index in [1.165, 1.54) is 102 Å². The monoisotopic (exact) mass is 410 g/mol. The Balaban J connectivity index is 1.70. The van der Waals surface area contributed by atoms with Crippen LogP contribution in [0.4, 0.5) is 0 Å². The molecule has 0 bridgehead atoms. The molecule has 1 aromatic carbocycles. The van der Waals surface area contributed by atoms with Gasteiger partial charge in [0, 0.05) is 0 Å². The lowest BCUT2D eigenvalue weighted by molar-refractivity contribution is 0.145. The van der Waals surface area contributed by atoms with E-state index in [1.54, 1.807) is 5.57 Å². The van der Waals surface area contributed by atoms with Crippen LogP contribution in [0.25, 0.3) is 0 Å². The van der Waals surface area contributed by atoms with Crippen LogP contribution in [0.2, 0.25) is 0 Å². The molecule has 2 aliphatic rings. The highest BCUT2D eigenvalue weighted by atomic mass is 16.5. The van der Waals surface area contributed by atoms with Gasteiger partial charge in [-0.3, -0.25) is 0 Å². The summed E-state index contributed by atoms with van der Waals surface area (Å²) in [6, 6.07) is 9.14. The van der Waals surface area contributed by atoms with Crippen molar-refractivity contribution in [1.82, 2.24) is 0 Å². The molecule has 1 unspecified atom stereocenters. The molecule has 0 aromatic heterocycles. The van der Waals surface area contributed by atoms with Gasteiger partial charge >= 0.3 is 0 Å². The summed E-state index contributed by atoms with van der Waals surface area (Å²) in [6.45, 7) is 5.34. The highest BCUT2D eigenvalue weighted by Crippen LogP contribution is 2.46. The fraction of sp³-hybridized carbons (Fsp3) is 0.724. The third kappa shape index (κ3) is 7.17. The predicted octanol–water partition coefficient (Wildman–Crippen LogP) is 9.37. The van der Waals surface area contributed by atoms with Crippen molar-refractivity contribution in [3.05, 3.63) is 41.5 Å². The molecular formula is C29H46O. The van der Waals surface area contributed by atoms with Crippen molar-refractivity contribution < 1.29 is 4.74 Å². The fourth-order valence-electron chi connectivity index (χ4n) is 5.81. The van der Waals surface area contributed by atoms with Crippen LogP contribution >= 0.6 is 0 Å². The maximum Gasteiger partial charge on any atom is 0.119 e. The molecule has 2 aliphatic carbocycles. The zero-order valence-electron chi connectivity index (χ0n) is 19.9. The Morgan fingerprint density at radius 3 is 2.37 bits per heavy atom. The molecule has 1 nitrogen and oxygen atoms in total. The molecule has 0 saturated heterocycles. The lowest BCUT2D eigenvalue weighted by atomic mass is 9.67. The van der Waals surface area contributed by atoms with E-state index in [0.29, 0.717) is 11.3 Å². The zero-order chi connectivity index (χ0) is 21.1. The number of unbranched alkanes of at least 4 members (excludes halogenated alkanes) is 1. The minimum Gasteiger partial charge on any atom is -0.494 e. The average Bonchev–Trinajstić information content (AvgIpc) is 2.81. The average molecular weight is 411 g/mol. The smallest absolute Gasteiger partial charge is 0.119 e. The van der Waals surface area contributed by atoms with Gasteiger partial charge in [-0.1, -0.05) is 69.7 Å². The normalized spacial score (nSPS) is 19.9. The number of hydrogen-bond acceptors (Lipinski definition) is 1. The third-order valence-corrected chi connectivity index (χ3v) is 7.72. The first-order valence-electron chi connectivity index (χ1n) is 13.2. The lowest BCUT2D eigenvalue weighted by Crippen LogP contribution is -2.25. The Kier molecular flexibility index (Phi) is 9.82. The maximum atomic E-state index is 5.84. The molecule has 3 rings (SSSR count). The molecule has 0 N–H and O–H groups in total. The molecule has 0 amide bonds. The van der Waals surface area contributed by atoms with E-state index in [2.05, 4.69) is 44.2 Å². The van der Waals surface area contributed by atoms with E-state index in [9.17, 15) is 0 Å². The number of allylic oxidation sites excluding steroid dienone is 2. The molecule has 0 heterocycles. The Labute approximate surface area is 186 Å². The molecule has 1 saturated carbocycles. The highest BCUT2D eigenvalue weighted by Gasteiger charge is 2.32. The van der Waals surface area contributed by atoms with Crippen molar-refractivity contribution in [3.8, 4) is 5.75 Å². The summed E-state index contributed by atoms with van der Waals surface area (Å²) in [5.74, 6) is 1.71. The van der Waals surface area contributed by atoms with E-state index in [1.807, 2.05) is 0 Å². The van der Waals surface area contributed by atoms with E-state index in [4.69, 9.17) is 4.74 Å². The molecule has 1 heteroatoms. The van der Waals surface area contributed by atoms with Gasteiger partial charge in [0.05, 0.1) is 6.61 Å². The number of rotatable bonds is 12. The van der Waals surface area contributed by atoms with Gasteiger partial charge in [0.2, 0.25) is 0 Å². The summed E-state index contributed by atoms with van der Waals surface area (Å²) in [4.78, 5) is 0. The quantitative estimate of drug-likeness (QED) is 0.312. The second kappa shape index (κ2) is 12.6. The predicted molar refractivity (Wildman–Crippen MR) is 130 cm³/mol. The first kappa shape index (κ1) is 23.4. The Hall–Kier alpha value is -1.24. The lowest BCUT2D eigenvalue weighted by Gasteiger charge is -2.39. The van der Waals surface area contributed by atoms with Crippen LogP contribution in [-0.2, 0) is 0 Å².